The Bertz CT molecular complexity index is 790. The highest BCUT2D eigenvalue weighted by molar-refractivity contribution is 9.10. The van der Waals surface area contributed by atoms with Gasteiger partial charge in [0.15, 0.2) is 11.6 Å². The average molecular weight is 442 g/mol. The summed E-state index contributed by atoms with van der Waals surface area (Å²) in [7, 11) is -4.17. The molecule has 0 aliphatic rings. The average Bonchev–Trinajstić information content (AvgIpc) is 2.33. The van der Waals surface area contributed by atoms with E-state index in [1.54, 1.807) is 0 Å². The number of sulfonamides is 1. The first-order valence-electron chi connectivity index (χ1n) is 5.43. The summed E-state index contributed by atoms with van der Waals surface area (Å²) in [6, 6.07) is 5.89. The number of hydrogen-bond acceptors (Lipinski definition) is 3. The maximum absolute atomic E-state index is 13.7. The van der Waals surface area contributed by atoms with Crippen LogP contribution in [0, 0.1) is 11.6 Å². The van der Waals surface area contributed by atoms with E-state index in [2.05, 4.69) is 31.9 Å². The lowest BCUT2D eigenvalue weighted by molar-refractivity contribution is 0.581. The Morgan fingerprint density at radius 3 is 2.14 bits per heavy atom. The van der Waals surface area contributed by atoms with Crippen LogP contribution in [0.15, 0.2) is 44.2 Å². The minimum absolute atomic E-state index is 0.161. The number of nitrogen functional groups attached to an aromatic ring is 1. The molecule has 2 rings (SSSR count). The topological polar surface area (TPSA) is 72.2 Å². The van der Waals surface area contributed by atoms with Gasteiger partial charge < -0.3 is 5.73 Å². The summed E-state index contributed by atoms with van der Waals surface area (Å²) in [4.78, 5) is -0.182. The van der Waals surface area contributed by atoms with Gasteiger partial charge in [-0.3, -0.25) is 4.72 Å². The highest BCUT2D eigenvalue weighted by Gasteiger charge is 2.22. The van der Waals surface area contributed by atoms with E-state index in [0.717, 1.165) is 12.1 Å². The van der Waals surface area contributed by atoms with E-state index in [9.17, 15) is 17.2 Å². The molecule has 0 heterocycles. The summed E-state index contributed by atoms with van der Waals surface area (Å²) in [5.41, 5.74) is 5.12. The van der Waals surface area contributed by atoms with Gasteiger partial charge in [0, 0.05) is 14.6 Å². The van der Waals surface area contributed by atoms with E-state index in [1.165, 1.54) is 18.2 Å². The molecule has 4 nitrogen and oxygen atoms in total. The standard InChI is InChI=1S/C12H8Br2F2N2O2S/c13-6-3-9(15)12(10(16)4-6)18-21(19,20)11-2-1-7(17)5-8(11)14/h1-5,18H,17H2. The number of nitrogens with one attached hydrogen (secondary N) is 1. The Morgan fingerprint density at radius 2 is 1.62 bits per heavy atom. The highest BCUT2D eigenvalue weighted by Crippen LogP contribution is 2.29. The summed E-state index contributed by atoms with van der Waals surface area (Å²) in [6.07, 6.45) is 0. The first kappa shape index (κ1) is 16.2. The Labute approximate surface area is 136 Å². The molecule has 0 spiro atoms. The zero-order valence-electron chi connectivity index (χ0n) is 10.2. The highest BCUT2D eigenvalue weighted by atomic mass is 79.9. The molecule has 3 N–H and O–H groups in total. The molecule has 21 heavy (non-hydrogen) atoms. The van der Waals surface area contributed by atoms with Gasteiger partial charge in [-0.15, -0.1) is 0 Å². The zero-order chi connectivity index (χ0) is 15.8. The third-order valence-electron chi connectivity index (χ3n) is 2.49. The Kier molecular flexibility index (Phi) is 4.54. The summed E-state index contributed by atoms with van der Waals surface area (Å²) >= 11 is 5.96. The van der Waals surface area contributed by atoms with Crippen molar-refractivity contribution in [3.05, 3.63) is 50.9 Å². The van der Waals surface area contributed by atoms with Gasteiger partial charge in [0.2, 0.25) is 0 Å². The largest absolute Gasteiger partial charge is 0.399 e. The number of rotatable bonds is 3. The van der Waals surface area contributed by atoms with Crippen molar-refractivity contribution in [3.63, 3.8) is 0 Å². The maximum Gasteiger partial charge on any atom is 0.263 e. The van der Waals surface area contributed by atoms with Gasteiger partial charge in [-0.25, -0.2) is 17.2 Å². The third-order valence-corrected chi connectivity index (χ3v) is 5.27. The first-order chi connectivity index (χ1) is 9.70. The number of nitrogens with two attached hydrogens (primary N) is 1. The van der Waals surface area contributed by atoms with Crippen molar-refractivity contribution in [2.45, 2.75) is 4.90 Å². The van der Waals surface area contributed by atoms with E-state index in [1.807, 2.05) is 4.72 Å². The second-order valence-electron chi connectivity index (χ2n) is 4.04. The fourth-order valence-electron chi connectivity index (χ4n) is 1.56. The Balaban J connectivity index is 2.47. The quantitative estimate of drug-likeness (QED) is 0.710. The van der Waals surface area contributed by atoms with Crippen molar-refractivity contribution in [2.24, 2.45) is 0 Å². The Morgan fingerprint density at radius 1 is 1.05 bits per heavy atom. The van der Waals surface area contributed by atoms with Crippen LogP contribution >= 0.6 is 31.9 Å². The summed E-state index contributed by atoms with van der Waals surface area (Å²) < 4.78 is 54.0. The number of benzene rings is 2. The van der Waals surface area contributed by atoms with Gasteiger partial charge in [0.1, 0.15) is 10.6 Å². The molecule has 0 fully saturated rings. The number of anilines is 2. The van der Waals surface area contributed by atoms with E-state index in [-0.39, 0.29) is 13.8 Å². The number of hydrogen-bond donors (Lipinski definition) is 2. The van der Waals surface area contributed by atoms with Crippen LogP contribution in [0.4, 0.5) is 20.2 Å². The predicted molar refractivity (Wildman–Crippen MR) is 83.4 cm³/mol. The SMILES string of the molecule is Nc1ccc(S(=O)(=O)Nc2c(F)cc(Br)cc2F)c(Br)c1. The van der Waals surface area contributed by atoms with Crippen LogP contribution in [-0.4, -0.2) is 8.42 Å². The fourth-order valence-corrected chi connectivity index (χ4v) is 4.14. The van der Waals surface area contributed by atoms with Crippen LogP contribution < -0.4 is 10.5 Å². The molecule has 0 radical (unpaired) electrons. The molecule has 0 amide bonds. The van der Waals surface area contributed by atoms with Gasteiger partial charge >= 0.3 is 0 Å². The van der Waals surface area contributed by atoms with Gasteiger partial charge in [0.25, 0.3) is 10.0 Å². The molecular weight excluding hydrogens is 434 g/mol. The Hall–Kier alpha value is -1.19. The second-order valence-corrected chi connectivity index (χ2v) is 7.46. The smallest absolute Gasteiger partial charge is 0.263 e. The molecule has 112 valence electrons. The number of halogens is 4. The van der Waals surface area contributed by atoms with Crippen LogP contribution in [0.3, 0.4) is 0 Å². The van der Waals surface area contributed by atoms with Crippen LogP contribution in [0.5, 0.6) is 0 Å². The van der Waals surface area contributed by atoms with Gasteiger partial charge in [-0.2, -0.15) is 0 Å². The van der Waals surface area contributed by atoms with Crippen molar-refractivity contribution >= 4 is 53.3 Å². The molecule has 0 saturated heterocycles. The van der Waals surface area contributed by atoms with Crippen LogP contribution in [0.25, 0.3) is 0 Å². The van der Waals surface area contributed by atoms with Crippen LogP contribution in [0.2, 0.25) is 0 Å². The van der Waals surface area contributed by atoms with Gasteiger partial charge in [-0.05, 0) is 46.3 Å². The van der Waals surface area contributed by atoms with Crippen LogP contribution in [0.1, 0.15) is 0 Å². The molecule has 0 aliphatic heterocycles. The molecule has 9 heteroatoms. The molecular formula is C12H8Br2F2N2O2S. The van der Waals surface area contributed by atoms with Crippen molar-refractivity contribution in [1.82, 2.24) is 0 Å². The molecule has 0 unspecified atom stereocenters. The van der Waals surface area contributed by atoms with Crippen molar-refractivity contribution < 1.29 is 17.2 Å². The summed E-state index contributed by atoms with van der Waals surface area (Å²) in [5, 5.41) is 0. The minimum Gasteiger partial charge on any atom is -0.399 e. The molecule has 0 bridgehead atoms. The van der Waals surface area contributed by atoms with E-state index in [0.29, 0.717) is 5.69 Å². The van der Waals surface area contributed by atoms with E-state index >= 15 is 0 Å². The molecule has 2 aromatic carbocycles. The summed E-state index contributed by atoms with van der Waals surface area (Å²) in [6.45, 7) is 0. The van der Waals surface area contributed by atoms with Gasteiger partial charge in [0.05, 0.1) is 0 Å². The van der Waals surface area contributed by atoms with E-state index in [4.69, 9.17) is 5.73 Å². The second kappa shape index (κ2) is 5.90. The molecule has 0 saturated carbocycles. The van der Waals surface area contributed by atoms with E-state index < -0.39 is 27.3 Å². The molecule has 2 aromatic rings. The molecule has 0 atom stereocenters. The van der Waals surface area contributed by atoms with Crippen LogP contribution in [-0.2, 0) is 10.0 Å². The fraction of sp³-hybridized carbons (Fsp3) is 0. The van der Waals surface area contributed by atoms with Crippen molar-refractivity contribution in [3.8, 4) is 0 Å². The van der Waals surface area contributed by atoms with Crippen molar-refractivity contribution in [2.75, 3.05) is 10.5 Å². The monoisotopic (exact) mass is 440 g/mol. The normalized spacial score (nSPS) is 11.4. The summed E-state index contributed by atoms with van der Waals surface area (Å²) in [5.74, 6) is -2.06. The van der Waals surface area contributed by atoms with Gasteiger partial charge in [-0.1, -0.05) is 15.9 Å². The third kappa shape index (κ3) is 3.53. The zero-order valence-corrected chi connectivity index (χ0v) is 14.2. The maximum atomic E-state index is 13.7. The molecule has 0 aromatic heterocycles. The molecule has 0 aliphatic carbocycles. The minimum atomic E-state index is -4.17. The predicted octanol–water partition coefficient (Wildman–Crippen LogP) is 3.87. The lowest BCUT2D eigenvalue weighted by Crippen LogP contribution is -2.16. The van der Waals surface area contributed by atoms with Crippen molar-refractivity contribution in [1.29, 1.82) is 0 Å². The first-order valence-corrected chi connectivity index (χ1v) is 8.50. The lowest BCUT2D eigenvalue weighted by Gasteiger charge is -2.12. The lowest BCUT2D eigenvalue weighted by atomic mass is 10.3.